The molecule has 0 radical (unpaired) electrons. The molecule has 4 aromatic rings. The molecule has 0 aliphatic carbocycles. The Hall–Kier alpha value is -5.31. The number of primary amides is 2. The molecule has 6 rings (SSSR count). The van der Waals surface area contributed by atoms with E-state index in [2.05, 4.69) is 72.7 Å². The quantitative estimate of drug-likeness (QED) is 0.0773. The third kappa shape index (κ3) is 15.3. The lowest BCUT2D eigenvalue weighted by molar-refractivity contribution is -0.123. The summed E-state index contributed by atoms with van der Waals surface area (Å²) in [6.45, 7) is 26.1. The number of aromatic nitrogens is 4. The number of halogens is 2. The van der Waals surface area contributed by atoms with Gasteiger partial charge in [-0.3, -0.25) is 19.2 Å². The first-order chi connectivity index (χ1) is 32.7. The molecular weight excluding hydrogens is 927 g/mol. The van der Waals surface area contributed by atoms with Crippen molar-refractivity contribution < 1.29 is 27.2 Å². The van der Waals surface area contributed by atoms with E-state index >= 15 is 0 Å². The van der Waals surface area contributed by atoms with Gasteiger partial charge in [0.15, 0.2) is 28.3 Å². The first-order valence-electron chi connectivity index (χ1n) is 24.5. The van der Waals surface area contributed by atoms with Gasteiger partial charge in [-0.1, -0.05) is 71.9 Å². The van der Waals surface area contributed by atoms with Crippen molar-refractivity contribution in [3.05, 3.63) is 122 Å². The maximum atomic E-state index is 13.4. The Bertz CT molecular complexity index is 2540. The van der Waals surface area contributed by atoms with Crippen LogP contribution < -0.4 is 32.4 Å². The van der Waals surface area contributed by atoms with Crippen molar-refractivity contribution in [2.24, 2.45) is 23.3 Å². The Kier molecular flexibility index (Phi) is 18.9. The van der Waals surface area contributed by atoms with Gasteiger partial charge >= 0.3 is 0 Å². The number of nitrogens with zero attached hydrogens (tertiary/aromatic N) is 6. The second-order valence-electron chi connectivity index (χ2n) is 21.7. The number of piperidine rings is 2. The highest BCUT2D eigenvalue weighted by atomic mass is 28.4. The van der Waals surface area contributed by atoms with Gasteiger partial charge in [0.2, 0.25) is 11.8 Å². The van der Waals surface area contributed by atoms with Crippen molar-refractivity contribution in [1.82, 2.24) is 19.1 Å². The molecule has 18 heteroatoms. The lowest BCUT2D eigenvalue weighted by Crippen LogP contribution is -2.42. The van der Waals surface area contributed by atoms with Crippen LogP contribution in [0.4, 0.5) is 20.4 Å². The summed E-state index contributed by atoms with van der Waals surface area (Å²) in [5.74, 6) is -0.811. The van der Waals surface area contributed by atoms with E-state index in [0.29, 0.717) is 102 Å². The Labute approximate surface area is 414 Å². The summed E-state index contributed by atoms with van der Waals surface area (Å²) < 4.78 is 42.5. The summed E-state index contributed by atoms with van der Waals surface area (Å²) >= 11 is 0. The fourth-order valence-electron chi connectivity index (χ4n) is 7.74. The monoisotopic (exact) mass is 1000 g/mol. The third-order valence-corrected chi connectivity index (χ3v) is 23.4. The second-order valence-corrected chi connectivity index (χ2v) is 31.3. The predicted octanol–water partition coefficient (Wildman–Crippen LogP) is 8.25. The van der Waals surface area contributed by atoms with E-state index in [1.807, 2.05) is 22.0 Å². The summed E-state index contributed by atoms with van der Waals surface area (Å²) in [6, 6.07) is 12.3. The summed E-state index contributed by atoms with van der Waals surface area (Å²) in [6.07, 6.45) is 11.2. The van der Waals surface area contributed by atoms with Gasteiger partial charge in [0.05, 0.1) is 31.1 Å². The van der Waals surface area contributed by atoms with E-state index in [0.717, 1.165) is 23.2 Å². The highest BCUT2D eigenvalue weighted by molar-refractivity contribution is 6.74. The van der Waals surface area contributed by atoms with E-state index in [1.54, 1.807) is 45.8 Å². The number of hydrogen-bond acceptors (Lipinski definition) is 10. The van der Waals surface area contributed by atoms with Crippen LogP contribution in [0.2, 0.25) is 36.3 Å². The van der Waals surface area contributed by atoms with Gasteiger partial charge in [-0.2, -0.15) is 0 Å². The minimum Gasteiger partial charge on any atom is -0.417 e. The van der Waals surface area contributed by atoms with Crippen LogP contribution in [0.5, 0.6) is 0 Å². The van der Waals surface area contributed by atoms with Crippen LogP contribution in [0.25, 0.3) is 6.08 Å². The van der Waals surface area contributed by atoms with Crippen LogP contribution in [0, 0.1) is 23.5 Å². The number of carbonyl (C=O) groups is 2. The van der Waals surface area contributed by atoms with Crippen LogP contribution in [-0.2, 0) is 38.0 Å². The zero-order chi connectivity index (χ0) is 51.6. The first kappa shape index (κ1) is 55.6. The lowest BCUT2D eigenvalue weighted by atomic mass is 9.96. The average Bonchev–Trinajstić information content (AvgIpc) is 3.29. The molecule has 2 fully saturated rings. The number of amides is 2. The smallest absolute Gasteiger partial charge is 0.293 e. The topological polar surface area (TPSA) is 181 Å². The number of hydrogen-bond donors (Lipinski definition) is 2. The molecule has 382 valence electrons. The van der Waals surface area contributed by atoms with Crippen molar-refractivity contribution in [3.63, 3.8) is 0 Å². The van der Waals surface area contributed by atoms with Crippen LogP contribution in [0.1, 0.15) is 96.2 Å². The molecule has 14 nitrogen and oxygen atoms in total. The molecule has 2 saturated heterocycles. The van der Waals surface area contributed by atoms with Crippen molar-refractivity contribution in [2.75, 3.05) is 49.2 Å². The molecule has 0 saturated carbocycles. The van der Waals surface area contributed by atoms with Crippen LogP contribution in [0.15, 0.2) is 76.6 Å². The molecule has 0 spiro atoms. The van der Waals surface area contributed by atoms with Crippen molar-refractivity contribution in [2.45, 2.75) is 129 Å². The van der Waals surface area contributed by atoms with E-state index in [1.165, 1.54) is 24.3 Å². The van der Waals surface area contributed by atoms with E-state index in [-0.39, 0.29) is 56.5 Å². The van der Waals surface area contributed by atoms with Gasteiger partial charge in [-0.15, -0.1) is 0 Å². The molecule has 70 heavy (non-hydrogen) atoms. The van der Waals surface area contributed by atoms with E-state index in [9.17, 15) is 28.0 Å². The van der Waals surface area contributed by atoms with Gasteiger partial charge in [-0.05, 0) is 116 Å². The number of carbonyl (C=O) groups excluding carboxylic acids is 2. The third-order valence-electron chi connectivity index (χ3n) is 14.4. The molecule has 4 N–H and O–H groups in total. The highest BCUT2D eigenvalue weighted by Crippen LogP contribution is 2.37. The number of anilines is 2. The van der Waals surface area contributed by atoms with Crippen LogP contribution >= 0.6 is 0 Å². The predicted molar refractivity (Wildman–Crippen MR) is 280 cm³/mol. The van der Waals surface area contributed by atoms with Gasteiger partial charge in [0.1, 0.15) is 11.6 Å². The van der Waals surface area contributed by atoms with Crippen LogP contribution in [0.3, 0.4) is 0 Å². The SMILES string of the molecule is CC(C)(C)[Si](C)(C)OC/C=C/c1cn(Cc2ccc(F)cc2)c(=O)c(N2CCC(C(N)=O)CC2)n1.CC(C)(C)[Si](C)(C)OCCCc1cn(Cc2ccc(F)cc2)c(=O)c(N2CCC(C(N)=O)CC2)n1. The molecule has 2 amide bonds. The van der Waals surface area contributed by atoms with Gasteiger partial charge < -0.3 is 39.3 Å². The molecule has 2 aliphatic heterocycles. The summed E-state index contributed by atoms with van der Waals surface area (Å²) in [4.78, 5) is 63.1. The average molecular weight is 1000 g/mol. The van der Waals surface area contributed by atoms with Gasteiger partial charge in [-0.25, -0.2) is 18.7 Å². The fraction of sp³-hybridized carbons (Fsp3) is 0.538. The minimum atomic E-state index is -1.88. The largest absolute Gasteiger partial charge is 0.417 e. The zero-order valence-electron chi connectivity index (χ0n) is 43.0. The second kappa shape index (κ2) is 23.7. The zero-order valence-corrected chi connectivity index (χ0v) is 45.0. The molecule has 2 aromatic carbocycles. The molecular formula is C52H76F2N8O6Si2. The standard InChI is InChI=1S/C26H39FN4O3Si.C26H37FN4O3Si/c2*1-26(2,3)35(4,5)34-16-6-7-22-18-31(17-19-8-10-21(27)11-9-19)25(33)24(29-22)30-14-12-20(13-15-30)23(28)32/h8-11,18,20H,6-7,12-17H2,1-5H3,(H2,28,32);6-11,18,20H,12-17H2,1-5H3,(H2,28,32)/b;7-6+. The molecule has 4 heterocycles. The Morgan fingerprint density at radius 1 is 0.671 bits per heavy atom. The fourth-order valence-corrected chi connectivity index (χ4v) is 9.77. The maximum absolute atomic E-state index is 13.4. The van der Waals surface area contributed by atoms with Gasteiger partial charge in [0, 0.05) is 57.0 Å². The summed E-state index contributed by atoms with van der Waals surface area (Å²) in [7, 11) is -3.70. The Balaban J connectivity index is 0.000000261. The summed E-state index contributed by atoms with van der Waals surface area (Å²) in [5.41, 5.74) is 13.6. The van der Waals surface area contributed by atoms with Crippen molar-refractivity contribution in [3.8, 4) is 0 Å². The van der Waals surface area contributed by atoms with E-state index in [4.69, 9.17) is 25.3 Å². The normalized spacial score (nSPS) is 15.5. The van der Waals surface area contributed by atoms with E-state index < -0.39 is 16.6 Å². The molecule has 0 bridgehead atoms. The first-order valence-corrected chi connectivity index (χ1v) is 30.3. The van der Waals surface area contributed by atoms with Crippen molar-refractivity contribution >= 4 is 46.2 Å². The lowest BCUT2D eigenvalue weighted by Gasteiger charge is -2.36. The summed E-state index contributed by atoms with van der Waals surface area (Å²) in [5, 5.41) is 0.267. The van der Waals surface area contributed by atoms with Crippen LogP contribution in [-0.4, -0.2) is 86.9 Å². The molecule has 0 atom stereocenters. The Morgan fingerprint density at radius 2 is 1.09 bits per heavy atom. The number of aryl methyl sites for hydroxylation is 1. The Morgan fingerprint density at radius 3 is 1.51 bits per heavy atom. The molecule has 2 aromatic heterocycles. The number of rotatable bonds is 17. The van der Waals surface area contributed by atoms with Crippen molar-refractivity contribution in [1.29, 1.82) is 0 Å². The minimum absolute atomic E-state index is 0.117. The number of benzene rings is 2. The van der Waals surface area contributed by atoms with Gasteiger partial charge in [0.25, 0.3) is 11.1 Å². The molecule has 2 aliphatic rings. The maximum Gasteiger partial charge on any atom is 0.293 e. The number of nitrogens with two attached hydrogens (primary N) is 2. The molecule has 0 unspecified atom stereocenters. The highest BCUT2D eigenvalue weighted by Gasteiger charge is 2.38.